The van der Waals surface area contributed by atoms with Crippen molar-refractivity contribution in [2.45, 2.75) is 38.9 Å². The molecule has 1 fully saturated rings. The van der Waals surface area contributed by atoms with E-state index in [1.165, 1.54) is 0 Å². The van der Waals surface area contributed by atoms with Crippen molar-refractivity contribution in [1.82, 2.24) is 4.90 Å². The van der Waals surface area contributed by atoms with Crippen molar-refractivity contribution >= 4 is 5.78 Å². The van der Waals surface area contributed by atoms with Crippen LogP contribution in [0.3, 0.4) is 0 Å². The number of hydrogen-bond acceptors (Lipinski definition) is 2. The molecular weight excluding hydrogens is 193 g/mol. The van der Waals surface area contributed by atoms with Crippen molar-refractivity contribution in [3.8, 4) is 11.8 Å². The summed E-state index contributed by atoms with van der Waals surface area (Å²) in [5, 5.41) is 0. The van der Waals surface area contributed by atoms with Crippen molar-refractivity contribution < 1.29 is 9.18 Å². The number of rotatable bonds is 1. The summed E-state index contributed by atoms with van der Waals surface area (Å²) in [5.41, 5.74) is -1.17. The second-order valence-corrected chi connectivity index (χ2v) is 4.84. The van der Waals surface area contributed by atoms with Gasteiger partial charge < -0.3 is 0 Å². The predicted octanol–water partition coefficient (Wildman–Crippen LogP) is 1.65. The lowest BCUT2D eigenvalue weighted by Gasteiger charge is -2.12. The molecule has 1 saturated heterocycles. The maximum Gasteiger partial charge on any atom is 0.208 e. The van der Waals surface area contributed by atoms with Crippen molar-refractivity contribution in [1.29, 1.82) is 0 Å². The highest BCUT2D eigenvalue weighted by atomic mass is 19.1. The van der Waals surface area contributed by atoms with E-state index in [9.17, 15) is 9.18 Å². The molecule has 0 aliphatic carbocycles. The molecule has 2 unspecified atom stereocenters. The predicted molar refractivity (Wildman–Crippen MR) is 58.2 cm³/mol. The fraction of sp³-hybridized carbons (Fsp3) is 0.750. The Morgan fingerprint density at radius 1 is 1.60 bits per heavy atom. The first-order valence-corrected chi connectivity index (χ1v) is 5.26. The minimum atomic E-state index is -1.17. The minimum Gasteiger partial charge on any atom is -0.290 e. The molecule has 2 atom stereocenters. The van der Waals surface area contributed by atoms with Gasteiger partial charge in [-0.1, -0.05) is 19.8 Å². The molecule has 1 aliphatic heterocycles. The molecule has 1 rings (SSSR count). The molecule has 1 aliphatic rings. The summed E-state index contributed by atoms with van der Waals surface area (Å²) in [6, 6.07) is -0.123. The standard InChI is InChI=1S/C12H18FNO/c1-9(2)11(15)6-5-10-7-12(3,13)8-14(10)4/h9-10H,7-8H2,1-4H3. The molecule has 0 N–H and O–H groups in total. The van der Waals surface area contributed by atoms with E-state index in [0.29, 0.717) is 13.0 Å². The lowest BCUT2D eigenvalue weighted by molar-refractivity contribution is -0.116. The second kappa shape index (κ2) is 4.32. The summed E-state index contributed by atoms with van der Waals surface area (Å²) in [4.78, 5) is 13.1. The zero-order valence-electron chi connectivity index (χ0n) is 9.80. The number of Topliss-reactive ketones (excluding diaryl/α,β-unsaturated/α-hetero) is 1. The Morgan fingerprint density at radius 2 is 2.20 bits per heavy atom. The van der Waals surface area contributed by atoms with Gasteiger partial charge in [0.1, 0.15) is 5.67 Å². The highest BCUT2D eigenvalue weighted by molar-refractivity contribution is 5.96. The molecule has 2 nitrogen and oxygen atoms in total. The number of ketones is 1. The normalized spacial score (nSPS) is 31.5. The van der Waals surface area contributed by atoms with Crippen LogP contribution in [0.25, 0.3) is 0 Å². The van der Waals surface area contributed by atoms with Gasteiger partial charge >= 0.3 is 0 Å². The molecule has 0 amide bonds. The maximum absolute atomic E-state index is 13.6. The summed E-state index contributed by atoms with van der Waals surface area (Å²) in [6.45, 7) is 5.60. The van der Waals surface area contributed by atoms with Gasteiger partial charge in [0.15, 0.2) is 0 Å². The lowest BCUT2D eigenvalue weighted by atomic mass is 10.0. The van der Waals surface area contributed by atoms with Crippen LogP contribution in [0.1, 0.15) is 27.2 Å². The largest absolute Gasteiger partial charge is 0.290 e. The Hall–Kier alpha value is -0.880. The number of carbonyl (C=O) groups is 1. The van der Waals surface area contributed by atoms with E-state index in [4.69, 9.17) is 0 Å². The molecule has 3 heteroatoms. The Balaban J connectivity index is 2.64. The van der Waals surface area contributed by atoms with Crippen LogP contribution < -0.4 is 0 Å². The topological polar surface area (TPSA) is 20.3 Å². The summed E-state index contributed by atoms with van der Waals surface area (Å²) >= 11 is 0. The van der Waals surface area contributed by atoms with Gasteiger partial charge in [-0.15, -0.1) is 0 Å². The molecule has 1 heterocycles. The molecule has 0 aromatic rings. The first kappa shape index (κ1) is 12.2. The van der Waals surface area contributed by atoms with Crippen LogP contribution in [-0.4, -0.2) is 36.0 Å². The van der Waals surface area contributed by atoms with Crippen LogP contribution in [0.2, 0.25) is 0 Å². The lowest BCUT2D eigenvalue weighted by Crippen LogP contribution is -2.25. The zero-order chi connectivity index (χ0) is 11.6. The first-order chi connectivity index (χ1) is 6.82. The third-order valence-electron chi connectivity index (χ3n) is 2.62. The number of alkyl halides is 1. The fourth-order valence-electron chi connectivity index (χ4n) is 1.71. The Morgan fingerprint density at radius 3 is 2.60 bits per heavy atom. The molecule has 0 spiro atoms. The summed E-state index contributed by atoms with van der Waals surface area (Å²) in [7, 11) is 1.84. The molecule has 0 radical (unpaired) electrons. The van der Waals surface area contributed by atoms with Crippen LogP contribution in [0.5, 0.6) is 0 Å². The van der Waals surface area contributed by atoms with Crippen molar-refractivity contribution in [3.63, 3.8) is 0 Å². The van der Waals surface area contributed by atoms with Gasteiger partial charge in [0.2, 0.25) is 5.78 Å². The molecule has 0 bridgehead atoms. The minimum absolute atomic E-state index is 0.0685. The number of nitrogens with zero attached hydrogens (tertiary/aromatic N) is 1. The molecule has 0 aromatic carbocycles. The number of hydrogen-bond donors (Lipinski definition) is 0. The second-order valence-electron chi connectivity index (χ2n) is 4.84. The Bertz CT molecular complexity index is 311. The van der Waals surface area contributed by atoms with Crippen molar-refractivity contribution in [2.75, 3.05) is 13.6 Å². The summed E-state index contributed by atoms with van der Waals surface area (Å²) in [6.07, 6.45) is 0.391. The monoisotopic (exact) mass is 211 g/mol. The van der Waals surface area contributed by atoms with Gasteiger partial charge in [-0.05, 0) is 19.9 Å². The van der Waals surface area contributed by atoms with Crippen LogP contribution >= 0.6 is 0 Å². The molecule has 0 saturated carbocycles. The summed E-state index contributed by atoms with van der Waals surface area (Å²) < 4.78 is 13.6. The molecule has 84 valence electrons. The highest BCUT2D eigenvalue weighted by Crippen LogP contribution is 2.28. The van der Waals surface area contributed by atoms with Crippen LogP contribution in [0.15, 0.2) is 0 Å². The van der Waals surface area contributed by atoms with Gasteiger partial charge in [0.25, 0.3) is 0 Å². The third-order valence-corrected chi connectivity index (χ3v) is 2.62. The van der Waals surface area contributed by atoms with Crippen LogP contribution in [0, 0.1) is 17.8 Å². The number of carbonyl (C=O) groups excluding carboxylic acids is 1. The van der Waals surface area contributed by atoms with Gasteiger partial charge in [0, 0.05) is 18.9 Å². The van der Waals surface area contributed by atoms with E-state index in [1.54, 1.807) is 6.92 Å². The Labute approximate surface area is 90.8 Å². The van der Waals surface area contributed by atoms with Gasteiger partial charge in [-0.25, -0.2) is 4.39 Å². The third kappa shape index (κ3) is 3.32. The Kier molecular flexibility index (Phi) is 3.51. The smallest absolute Gasteiger partial charge is 0.208 e. The first-order valence-electron chi connectivity index (χ1n) is 5.26. The van der Waals surface area contributed by atoms with E-state index in [2.05, 4.69) is 11.8 Å². The summed E-state index contributed by atoms with van der Waals surface area (Å²) in [5.74, 6) is 5.31. The zero-order valence-corrected chi connectivity index (χ0v) is 9.80. The average molecular weight is 211 g/mol. The van der Waals surface area contributed by atoms with E-state index < -0.39 is 5.67 Å². The highest BCUT2D eigenvalue weighted by Gasteiger charge is 2.38. The van der Waals surface area contributed by atoms with Crippen molar-refractivity contribution in [2.24, 2.45) is 5.92 Å². The molecule has 15 heavy (non-hydrogen) atoms. The average Bonchev–Trinajstić information content (AvgIpc) is 2.35. The van der Waals surface area contributed by atoms with E-state index >= 15 is 0 Å². The maximum atomic E-state index is 13.6. The number of halogens is 1. The van der Waals surface area contributed by atoms with Crippen LogP contribution in [-0.2, 0) is 4.79 Å². The van der Waals surface area contributed by atoms with E-state index in [0.717, 1.165) is 0 Å². The fourth-order valence-corrected chi connectivity index (χ4v) is 1.71. The molecule has 0 aromatic heterocycles. The van der Waals surface area contributed by atoms with Crippen LogP contribution in [0.4, 0.5) is 4.39 Å². The molecular formula is C12H18FNO. The van der Waals surface area contributed by atoms with E-state index in [-0.39, 0.29) is 17.7 Å². The van der Waals surface area contributed by atoms with Gasteiger partial charge in [-0.3, -0.25) is 9.69 Å². The van der Waals surface area contributed by atoms with Crippen molar-refractivity contribution in [3.05, 3.63) is 0 Å². The van der Waals surface area contributed by atoms with Gasteiger partial charge in [-0.2, -0.15) is 0 Å². The number of likely N-dealkylation sites (tertiary alicyclic amines) is 1. The SMILES string of the molecule is CC(C)C(=O)C#CC1CC(C)(F)CN1C. The van der Waals surface area contributed by atoms with Gasteiger partial charge in [0.05, 0.1) is 6.04 Å². The van der Waals surface area contributed by atoms with E-state index in [1.807, 2.05) is 25.8 Å². The quantitative estimate of drug-likeness (QED) is 0.485.